The van der Waals surface area contributed by atoms with Crippen molar-refractivity contribution >= 4 is 5.69 Å². The fourth-order valence-corrected chi connectivity index (χ4v) is 3.10. The normalized spacial score (nSPS) is 15.3. The van der Waals surface area contributed by atoms with Gasteiger partial charge in [-0.25, -0.2) is 0 Å². The van der Waals surface area contributed by atoms with E-state index in [2.05, 4.69) is 34.1 Å². The average molecular weight is 328 g/mol. The number of ether oxygens (including phenoxy) is 2. The van der Waals surface area contributed by atoms with Crippen LogP contribution in [-0.2, 0) is 6.54 Å². The smallest absolute Gasteiger partial charge is 0.200 e. The lowest BCUT2D eigenvalue weighted by Crippen LogP contribution is -2.45. The summed E-state index contributed by atoms with van der Waals surface area (Å²) < 4.78 is 10.5. The second-order valence-corrected chi connectivity index (χ2v) is 5.95. The summed E-state index contributed by atoms with van der Waals surface area (Å²) in [6.07, 6.45) is 0. The van der Waals surface area contributed by atoms with Crippen molar-refractivity contribution in [2.45, 2.75) is 6.54 Å². The summed E-state index contributed by atoms with van der Waals surface area (Å²) in [5.74, 6) is 0.956. The monoisotopic (exact) mass is 328 g/mol. The Morgan fingerprint density at radius 3 is 2.04 bits per heavy atom. The molecule has 0 atom stereocenters. The fourth-order valence-electron chi connectivity index (χ4n) is 3.10. The molecule has 1 fully saturated rings. The van der Waals surface area contributed by atoms with Crippen LogP contribution in [0, 0.1) is 0 Å². The van der Waals surface area contributed by atoms with E-state index in [9.17, 15) is 5.11 Å². The van der Waals surface area contributed by atoms with E-state index in [0.29, 0.717) is 11.5 Å². The number of rotatable bonds is 5. The number of hydrogen-bond acceptors (Lipinski definition) is 5. The molecule has 0 aromatic heterocycles. The minimum absolute atomic E-state index is 0.0534. The third-order valence-electron chi connectivity index (χ3n) is 4.44. The maximum Gasteiger partial charge on any atom is 0.200 e. The van der Waals surface area contributed by atoms with Crippen molar-refractivity contribution < 1.29 is 14.6 Å². The van der Waals surface area contributed by atoms with Crippen LogP contribution < -0.4 is 14.4 Å². The molecule has 0 spiro atoms. The molecular weight excluding hydrogens is 304 g/mol. The molecule has 1 heterocycles. The van der Waals surface area contributed by atoms with Gasteiger partial charge in [-0.1, -0.05) is 18.2 Å². The summed E-state index contributed by atoms with van der Waals surface area (Å²) >= 11 is 0. The highest BCUT2D eigenvalue weighted by Gasteiger charge is 2.19. The number of aromatic hydroxyl groups is 1. The molecule has 1 N–H and O–H groups in total. The van der Waals surface area contributed by atoms with Gasteiger partial charge in [0.15, 0.2) is 11.5 Å². The molecule has 2 aromatic carbocycles. The lowest BCUT2D eigenvalue weighted by Gasteiger charge is -2.36. The highest BCUT2D eigenvalue weighted by atomic mass is 16.5. The molecule has 2 aromatic rings. The molecule has 0 bridgehead atoms. The maximum atomic E-state index is 10.0. The largest absolute Gasteiger partial charge is 0.502 e. The van der Waals surface area contributed by atoms with Crippen molar-refractivity contribution in [1.82, 2.24) is 4.90 Å². The van der Waals surface area contributed by atoms with Crippen LogP contribution in [0.2, 0.25) is 0 Å². The van der Waals surface area contributed by atoms with Crippen molar-refractivity contribution in [2.75, 3.05) is 45.3 Å². The molecule has 3 rings (SSSR count). The summed E-state index contributed by atoms with van der Waals surface area (Å²) in [4.78, 5) is 4.82. The highest BCUT2D eigenvalue weighted by molar-refractivity contribution is 5.52. The molecule has 5 nitrogen and oxygen atoms in total. The third kappa shape index (κ3) is 3.57. The van der Waals surface area contributed by atoms with E-state index in [1.54, 1.807) is 14.2 Å². The van der Waals surface area contributed by atoms with Crippen LogP contribution in [0.4, 0.5) is 5.69 Å². The Kier molecular flexibility index (Phi) is 5.11. The first-order chi connectivity index (χ1) is 11.7. The molecule has 128 valence electrons. The molecule has 1 saturated heterocycles. The van der Waals surface area contributed by atoms with Gasteiger partial charge in [0, 0.05) is 38.4 Å². The summed E-state index contributed by atoms with van der Waals surface area (Å²) in [5, 5.41) is 10.0. The average Bonchev–Trinajstić information content (AvgIpc) is 2.64. The van der Waals surface area contributed by atoms with E-state index in [4.69, 9.17) is 9.47 Å². The summed E-state index contributed by atoms with van der Waals surface area (Å²) in [7, 11) is 3.10. The van der Waals surface area contributed by atoms with Crippen molar-refractivity contribution in [3.8, 4) is 17.2 Å². The van der Waals surface area contributed by atoms with Crippen molar-refractivity contribution in [3.63, 3.8) is 0 Å². The number of para-hydroxylation sites is 1. The number of hydrogen-bond donors (Lipinski definition) is 1. The van der Waals surface area contributed by atoms with E-state index < -0.39 is 0 Å². The zero-order valence-corrected chi connectivity index (χ0v) is 14.2. The topological polar surface area (TPSA) is 45.2 Å². The molecule has 0 radical (unpaired) electrons. The van der Waals surface area contributed by atoms with Gasteiger partial charge in [-0.05, 0) is 29.8 Å². The van der Waals surface area contributed by atoms with Crippen LogP contribution in [0.15, 0.2) is 42.5 Å². The Morgan fingerprint density at radius 2 is 1.50 bits per heavy atom. The number of methoxy groups -OCH3 is 2. The van der Waals surface area contributed by atoms with Crippen LogP contribution in [0.3, 0.4) is 0 Å². The Morgan fingerprint density at radius 1 is 0.917 bits per heavy atom. The Hall–Kier alpha value is -2.40. The van der Waals surface area contributed by atoms with Crippen molar-refractivity contribution in [2.24, 2.45) is 0 Å². The number of benzene rings is 2. The SMILES string of the molecule is COc1cc(CN2CCN(c3ccccc3)CC2)cc(OC)c1O. The minimum Gasteiger partial charge on any atom is -0.502 e. The van der Waals surface area contributed by atoms with Gasteiger partial charge in [-0.3, -0.25) is 4.90 Å². The Balaban J connectivity index is 1.64. The van der Waals surface area contributed by atoms with Crippen LogP contribution in [-0.4, -0.2) is 50.4 Å². The first-order valence-electron chi connectivity index (χ1n) is 8.17. The zero-order chi connectivity index (χ0) is 16.9. The summed E-state index contributed by atoms with van der Waals surface area (Å²) in [6.45, 7) is 4.84. The van der Waals surface area contributed by atoms with Crippen LogP contribution in [0.25, 0.3) is 0 Å². The minimum atomic E-state index is 0.0534. The summed E-state index contributed by atoms with van der Waals surface area (Å²) in [5.41, 5.74) is 2.36. The second-order valence-electron chi connectivity index (χ2n) is 5.95. The number of piperazine rings is 1. The number of anilines is 1. The molecule has 1 aliphatic rings. The van der Waals surface area contributed by atoms with Gasteiger partial charge in [0.1, 0.15) is 0 Å². The molecule has 24 heavy (non-hydrogen) atoms. The van der Waals surface area contributed by atoms with E-state index in [0.717, 1.165) is 38.3 Å². The van der Waals surface area contributed by atoms with Crippen LogP contribution in [0.1, 0.15) is 5.56 Å². The van der Waals surface area contributed by atoms with E-state index in [-0.39, 0.29) is 5.75 Å². The van der Waals surface area contributed by atoms with Crippen molar-refractivity contribution in [1.29, 1.82) is 0 Å². The molecule has 1 aliphatic heterocycles. The van der Waals surface area contributed by atoms with Crippen molar-refractivity contribution in [3.05, 3.63) is 48.0 Å². The summed E-state index contributed by atoms with van der Waals surface area (Å²) in [6, 6.07) is 14.3. The van der Waals surface area contributed by atoms with Gasteiger partial charge in [0.05, 0.1) is 14.2 Å². The standard InChI is InChI=1S/C19H24N2O3/c1-23-17-12-15(13-18(24-2)19(17)22)14-20-8-10-21(11-9-20)16-6-4-3-5-7-16/h3-7,12-13,22H,8-11,14H2,1-2H3. The Bertz CT molecular complexity index is 643. The van der Waals surface area contributed by atoms with Gasteiger partial charge in [-0.15, -0.1) is 0 Å². The van der Waals surface area contributed by atoms with E-state index >= 15 is 0 Å². The number of phenols is 1. The molecular formula is C19H24N2O3. The van der Waals surface area contributed by atoms with Gasteiger partial charge in [-0.2, -0.15) is 0 Å². The van der Waals surface area contributed by atoms with E-state index in [1.807, 2.05) is 18.2 Å². The third-order valence-corrected chi connectivity index (χ3v) is 4.44. The zero-order valence-electron chi connectivity index (χ0n) is 14.2. The van der Waals surface area contributed by atoms with Gasteiger partial charge < -0.3 is 19.5 Å². The fraction of sp³-hybridized carbons (Fsp3) is 0.368. The Labute approximate surface area is 143 Å². The molecule has 0 unspecified atom stereocenters. The number of phenolic OH excluding ortho intramolecular Hbond substituents is 1. The second kappa shape index (κ2) is 7.45. The molecule has 0 saturated carbocycles. The number of nitrogens with zero attached hydrogens (tertiary/aromatic N) is 2. The first-order valence-corrected chi connectivity index (χ1v) is 8.17. The van der Waals surface area contributed by atoms with Gasteiger partial charge in [0.25, 0.3) is 0 Å². The highest BCUT2D eigenvalue weighted by Crippen LogP contribution is 2.37. The van der Waals surface area contributed by atoms with Crippen LogP contribution in [0.5, 0.6) is 17.2 Å². The maximum absolute atomic E-state index is 10.0. The van der Waals surface area contributed by atoms with Crippen LogP contribution >= 0.6 is 0 Å². The molecule has 0 aliphatic carbocycles. The lowest BCUT2D eigenvalue weighted by atomic mass is 10.1. The first kappa shape index (κ1) is 16.5. The predicted molar refractivity (Wildman–Crippen MR) is 95.1 cm³/mol. The lowest BCUT2D eigenvalue weighted by molar-refractivity contribution is 0.248. The predicted octanol–water partition coefficient (Wildman–Crippen LogP) is 2.73. The van der Waals surface area contributed by atoms with Gasteiger partial charge in [0.2, 0.25) is 5.75 Å². The molecule has 0 amide bonds. The quantitative estimate of drug-likeness (QED) is 0.914. The molecule has 5 heteroatoms. The van der Waals surface area contributed by atoms with Gasteiger partial charge >= 0.3 is 0 Å². The van der Waals surface area contributed by atoms with E-state index in [1.165, 1.54) is 5.69 Å².